The number of hydrogen-bond donors (Lipinski definition) is 1. The van der Waals surface area contributed by atoms with E-state index in [1.165, 1.54) is 0 Å². The van der Waals surface area contributed by atoms with Crippen LogP contribution in [0.1, 0.15) is 23.5 Å². The number of nitrogens with zero attached hydrogens (tertiary/aromatic N) is 3. The number of hydrogen-bond acceptors (Lipinski definition) is 6. The van der Waals surface area contributed by atoms with Crippen molar-refractivity contribution in [3.05, 3.63) is 35.5 Å². The highest BCUT2D eigenvalue weighted by Crippen LogP contribution is 2.33. The van der Waals surface area contributed by atoms with Gasteiger partial charge in [-0.15, -0.1) is 0 Å². The summed E-state index contributed by atoms with van der Waals surface area (Å²) in [6.07, 6.45) is 2.57. The van der Waals surface area contributed by atoms with Crippen LogP contribution in [0.4, 0.5) is 5.82 Å². The number of rotatable bonds is 3. The zero-order valence-electron chi connectivity index (χ0n) is 12.2. The Kier molecular flexibility index (Phi) is 3.90. The van der Waals surface area contributed by atoms with Gasteiger partial charge in [0.2, 0.25) is 5.88 Å². The summed E-state index contributed by atoms with van der Waals surface area (Å²) >= 11 is 0. The largest absolute Gasteiger partial charge is 0.481 e. The first-order valence-corrected chi connectivity index (χ1v) is 7.01. The fourth-order valence-electron chi connectivity index (χ4n) is 2.61. The Morgan fingerprint density at radius 2 is 2.32 bits per heavy atom. The molecule has 6 nitrogen and oxygen atoms in total. The quantitative estimate of drug-likeness (QED) is 0.932. The zero-order valence-corrected chi connectivity index (χ0v) is 12.2. The second-order valence-electron chi connectivity index (χ2n) is 5.12. The van der Waals surface area contributed by atoms with E-state index in [2.05, 4.69) is 16.0 Å². The smallest absolute Gasteiger partial charge is 0.212 e. The summed E-state index contributed by atoms with van der Waals surface area (Å²) in [5, 5.41) is 9.35. The van der Waals surface area contributed by atoms with Gasteiger partial charge in [0, 0.05) is 30.4 Å². The van der Waals surface area contributed by atoms with Crippen LogP contribution in [0.3, 0.4) is 0 Å². The SMILES string of the molecule is COc1ccc(-c2cc([C@@H]3CCOC3)c(C#N)c(N)n2)cn1. The van der Waals surface area contributed by atoms with Crippen molar-refractivity contribution in [2.24, 2.45) is 0 Å². The van der Waals surface area contributed by atoms with Gasteiger partial charge in [-0.1, -0.05) is 0 Å². The highest BCUT2D eigenvalue weighted by molar-refractivity contribution is 5.66. The van der Waals surface area contributed by atoms with Gasteiger partial charge in [0.05, 0.1) is 25.0 Å². The molecule has 0 radical (unpaired) electrons. The Bertz CT molecular complexity index is 716. The summed E-state index contributed by atoms with van der Waals surface area (Å²) in [7, 11) is 1.57. The number of nitrogens with two attached hydrogens (primary N) is 1. The van der Waals surface area contributed by atoms with Crippen molar-refractivity contribution in [1.82, 2.24) is 9.97 Å². The topological polar surface area (TPSA) is 94.0 Å². The molecule has 6 heteroatoms. The fourth-order valence-corrected chi connectivity index (χ4v) is 2.61. The molecule has 112 valence electrons. The first kappa shape index (κ1) is 14.3. The molecule has 2 aromatic rings. The third-order valence-corrected chi connectivity index (χ3v) is 3.80. The number of pyridine rings is 2. The Morgan fingerprint density at radius 1 is 1.45 bits per heavy atom. The molecule has 0 amide bonds. The van der Waals surface area contributed by atoms with Crippen molar-refractivity contribution in [2.45, 2.75) is 12.3 Å². The summed E-state index contributed by atoms with van der Waals surface area (Å²) in [5.41, 5.74) is 8.85. The van der Waals surface area contributed by atoms with Crippen LogP contribution in [0.25, 0.3) is 11.3 Å². The molecular formula is C16H16N4O2. The van der Waals surface area contributed by atoms with Crippen LogP contribution in [0.15, 0.2) is 24.4 Å². The average molecular weight is 296 g/mol. The minimum absolute atomic E-state index is 0.185. The molecule has 3 heterocycles. The molecule has 2 N–H and O–H groups in total. The molecule has 1 aliphatic heterocycles. The molecule has 0 spiro atoms. The standard InChI is InChI=1S/C16H16N4O2/c1-21-15-3-2-10(8-19-15)14-6-12(11-4-5-22-9-11)13(7-17)16(18)20-14/h2-3,6,8,11H,4-5,9H2,1H3,(H2,18,20)/t11-/m1/s1. The Hall–Kier alpha value is -2.65. The molecule has 1 aliphatic rings. The van der Waals surface area contributed by atoms with Crippen molar-refractivity contribution in [3.63, 3.8) is 0 Å². The van der Waals surface area contributed by atoms with E-state index in [1.807, 2.05) is 12.1 Å². The predicted octanol–water partition coefficient (Wildman–Crippen LogP) is 2.11. The maximum Gasteiger partial charge on any atom is 0.212 e. The van der Waals surface area contributed by atoms with Gasteiger partial charge < -0.3 is 15.2 Å². The van der Waals surface area contributed by atoms with E-state index >= 15 is 0 Å². The molecule has 1 saturated heterocycles. The Balaban J connectivity index is 2.06. The van der Waals surface area contributed by atoms with Gasteiger partial charge in [-0.25, -0.2) is 9.97 Å². The van der Waals surface area contributed by atoms with Gasteiger partial charge >= 0.3 is 0 Å². The normalized spacial score (nSPS) is 17.2. The second-order valence-corrected chi connectivity index (χ2v) is 5.12. The molecule has 0 aromatic carbocycles. The van der Waals surface area contributed by atoms with Crippen LogP contribution >= 0.6 is 0 Å². The maximum absolute atomic E-state index is 9.35. The van der Waals surface area contributed by atoms with E-state index in [4.69, 9.17) is 15.2 Å². The average Bonchev–Trinajstić information content (AvgIpc) is 3.08. The second kappa shape index (κ2) is 6.00. The minimum atomic E-state index is 0.185. The van der Waals surface area contributed by atoms with Crippen LogP contribution in [-0.2, 0) is 4.74 Å². The highest BCUT2D eigenvalue weighted by atomic mass is 16.5. The van der Waals surface area contributed by atoms with Gasteiger partial charge in [-0.3, -0.25) is 0 Å². The summed E-state index contributed by atoms with van der Waals surface area (Å²) in [6.45, 7) is 1.32. The van der Waals surface area contributed by atoms with Crippen LogP contribution < -0.4 is 10.5 Å². The number of nitriles is 1. The number of ether oxygens (including phenoxy) is 2. The van der Waals surface area contributed by atoms with Crippen molar-refractivity contribution < 1.29 is 9.47 Å². The summed E-state index contributed by atoms with van der Waals surface area (Å²) < 4.78 is 10.5. The van der Waals surface area contributed by atoms with E-state index in [-0.39, 0.29) is 11.7 Å². The molecule has 22 heavy (non-hydrogen) atoms. The van der Waals surface area contributed by atoms with Crippen molar-refractivity contribution in [1.29, 1.82) is 5.26 Å². The summed E-state index contributed by atoms with van der Waals surface area (Å²) in [4.78, 5) is 8.52. The molecule has 1 fully saturated rings. The molecule has 0 unspecified atom stereocenters. The van der Waals surface area contributed by atoms with Gasteiger partial charge in [0.25, 0.3) is 0 Å². The lowest BCUT2D eigenvalue weighted by molar-refractivity contribution is 0.194. The maximum atomic E-state index is 9.35. The van der Waals surface area contributed by atoms with E-state index < -0.39 is 0 Å². The molecule has 1 atom stereocenters. The van der Waals surface area contributed by atoms with E-state index in [0.717, 1.165) is 17.5 Å². The van der Waals surface area contributed by atoms with Gasteiger partial charge in [-0.05, 0) is 24.1 Å². The monoisotopic (exact) mass is 296 g/mol. The van der Waals surface area contributed by atoms with Gasteiger partial charge in [-0.2, -0.15) is 5.26 Å². The molecular weight excluding hydrogens is 280 g/mol. The number of methoxy groups -OCH3 is 1. The molecule has 0 aliphatic carbocycles. The molecule has 2 aromatic heterocycles. The third-order valence-electron chi connectivity index (χ3n) is 3.80. The van der Waals surface area contributed by atoms with E-state index in [0.29, 0.717) is 30.4 Å². The molecule has 0 bridgehead atoms. The van der Waals surface area contributed by atoms with Crippen LogP contribution in [0.5, 0.6) is 5.88 Å². The van der Waals surface area contributed by atoms with Crippen molar-refractivity contribution in [3.8, 4) is 23.2 Å². The number of anilines is 1. The lowest BCUT2D eigenvalue weighted by Crippen LogP contribution is -2.07. The van der Waals surface area contributed by atoms with E-state index in [1.54, 1.807) is 19.4 Å². The van der Waals surface area contributed by atoms with Gasteiger partial charge in [0.1, 0.15) is 11.9 Å². The summed E-state index contributed by atoms with van der Waals surface area (Å²) in [5.74, 6) is 0.970. The van der Waals surface area contributed by atoms with Crippen LogP contribution in [0, 0.1) is 11.3 Å². The molecule has 3 rings (SSSR count). The first-order chi connectivity index (χ1) is 10.7. The predicted molar refractivity (Wildman–Crippen MR) is 81.3 cm³/mol. The number of aromatic nitrogens is 2. The Labute approximate surface area is 128 Å². The van der Waals surface area contributed by atoms with Crippen LogP contribution in [-0.4, -0.2) is 30.3 Å². The zero-order chi connectivity index (χ0) is 15.5. The third kappa shape index (κ3) is 2.59. The lowest BCUT2D eigenvalue weighted by Gasteiger charge is -2.14. The first-order valence-electron chi connectivity index (χ1n) is 7.01. The highest BCUT2D eigenvalue weighted by Gasteiger charge is 2.23. The summed E-state index contributed by atoms with van der Waals surface area (Å²) in [6, 6.07) is 7.71. The lowest BCUT2D eigenvalue weighted by atomic mass is 9.93. The fraction of sp³-hybridized carbons (Fsp3) is 0.312. The van der Waals surface area contributed by atoms with Crippen molar-refractivity contribution in [2.75, 3.05) is 26.1 Å². The van der Waals surface area contributed by atoms with Crippen molar-refractivity contribution >= 4 is 5.82 Å². The Morgan fingerprint density at radius 3 is 2.91 bits per heavy atom. The number of nitrogen functional groups attached to an aromatic ring is 1. The molecule has 0 saturated carbocycles. The minimum Gasteiger partial charge on any atom is -0.481 e. The van der Waals surface area contributed by atoms with E-state index in [9.17, 15) is 5.26 Å². The van der Waals surface area contributed by atoms with Crippen LogP contribution in [0.2, 0.25) is 0 Å². The van der Waals surface area contributed by atoms with Gasteiger partial charge in [0.15, 0.2) is 0 Å².